The molecule has 10 heavy (non-hydrogen) atoms. The van der Waals surface area contributed by atoms with Gasteiger partial charge in [0.15, 0.2) is 0 Å². The van der Waals surface area contributed by atoms with E-state index in [-0.39, 0.29) is 0 Å². The van der Waals surface area contributed by atoms with Crippen LogP contribution >= 0.6 is 0 Å². The first-order chi connectivity index (χ1) is 4.68. The zero-order valence-electron chi connectivity index (χ0n) is 6.85. The SMILES string of the molecule is C=C1[CH][C@H](CC(C)C)CN1. The van der Waals surface area contributed by atoms with Crippen LogP contribution in [-0.4, -0.2) is 6.54 Å². The predicted molar refractivity (Wildman–Crippen MR) is 44.4 cm³/mol. The van der Waals surface area contributed by atoms with E-state index < -0.39 is 0 Å². The van der Waals surface area contributed by atoms with E-state index in [0.717, 1.165) is 24.1 Å². The van der Waals surface area contributed by atoms with Gasteiger partial charge in [0.2, 0.25) is 0 Å². The van der Waals surface area contributed by atoms with Gasteiger partial charge in [0, 0.05) is 18.7 Å². The highest BCUT2D eigenvalue weighted by Crippen LogP contribution is 2.21. The van der Waals surface area contributed by atoms with Crippen molar-refractivity contribution in [3.8, 4) is 0 Å². The van der Waals surface area contributed by atoms with Crippen LogP contribution in [0.2, 0.25) is 0 Å². The molecular formula is C9H16N. The average molecular weight is 138 g/mol. The molecule has 0 aromatic rings. The molecule has 1 rings (SSSR count). The Labute approximate surface area is 63.5 Å². The van der Waals surface area contributed by atoms with E-state index in [4.69, 9.17) is 0 Å². The van der Waals surface area contributed by atoms with Crippen molar-refractivity contribution >= 4 is 0 Å². The van der Waals surface area contributed by atoms with Crippen molar-refractivity contribution in [1.29, 1.82) is 0 Å². The first kappa shape index (κ1) is 7.64. The van der Waals surface area contributed by atoms with Crippen LogP contribution in [0.15, 0.2) is 12.3 Å². The molecule has 0 saturated carbocycles. The van der Waals surface area contributed by atoms with Crippen LogP contribution in [0.4, 0.5) is 0 Å². The summed E-state index contributed by atoms with van der Waals surface area (Å²) in [7, 11) is 0. The molecule has 1 saturated heterocycles. The van der Waals surface area contributed by atoms with Crippen molar-refractivity contribution in [3.63, 3.8) is 0 Å². The maximum atomic E-state index is 3.85. The van der Waals surface area contributed by atoms with E-state index >= 15 is 0 Å². The van der Waals surface area contributed by atoms with Gasteiger partial charge in [-0.15, -0.1) is 0 Å². The third-order valence-electron chi connectivity index (χ3n) is 1.80. The summed E-state index contributed by atoms with van der Waals surface area (Å²) in [6.07, 6.45) is 3.52. The average Bonchev–Trinajstić information content (AvgIpc) is 2.13. The molecule has 1 nitrogen and oxygen atoms in total. The van der Waals surface area contributed by atoms with Gasteiger partial charge in [-0.1, -0.05) is 20.4 Å². The molecule has 0 aliphatic carbocycles. The summed E-state index contributed by atoms with van der Waals surface area (Å²) in [5, 5.41) is 3.22. The van der Waals surface area contributed by atoms with Crippen LogP contribution in [0, 0.1) is 18.3 Å². The van der Waals surface area contributed by atoms with E-state index in [1.807, 2.05) is 0 Å². The van der Waals surface area contributed by atoms with Gasteiger partial charge < -0.3 is 5.32 Å². The topological polar surface area (TPSA) is 12.0 Å². The lowest BCUT2D eigenvalue weighted by Crippen LogP contribution is -2.09. The Morgan fingerprint density at radius 3 is 2.90 bits per heavy atom. The monoisotopic (exact) mass is 138 g/mol. The Morgan fingerprint density at radius 1 is 1.80 bits per heavy atom. The van der Waals surface area contributed by atoms with Crippen LogP contribution in [0.25, 0.3) is 0 Å². The molecule has 0 amide bonds. The highest BCUT2D eigenvalue weighted by molar-refractivity contribution is 5.14. The van der Waals surface area contributed by atoms with Gasteiger partial charge >= 0.3 is 0 Å². The Hall–Kier alpha value is -0.460. The lowest BCUT2D eigenvalue weighted by molar-refractivity contribution is 0.477. The van der Waals surface area contributed by atoms with Crippen LogP contribution in [0.3, 0.4) is 0 Å². The second-order valence-corrected chi connectivity index (χ2v) is 3.46. The summed E-state index contributed by atoms with van der Waals surface area (Å²) in [5.74, 6) is 1.53. The summed E-state index contributed by atoms with van der Waals surface area (Å²) in [4.78, 5) is 0. The molecule has 57 valence electrons. The van der Waals surface area contributed by atoms with Crippen molar-refractivity contribution < 1.29 is 0 Å². The smallest absolute Gasteiger partial charge is 0.0178 e. The molecule has 1 radical (unpaired) electrons. The van der Waals surface area contributed by atoms with Gasteiger partial charge in [0.1, 0.15) is 0 Å². The van der Waals surface area contributed by atoms with Crippen LogP contribution in [0.5, 0.6) is 0 Å². The second-order valence-electron chi connectivity index (χ2n) is 3.46. The largest absolute Gasteiger partial charge is 0.388 e. The number of hydrogen-bond acceptors (Lipinski definition) is 1. The molecule has 1 atom stereocenters. The van der Waals surface area contributed by atoms with E-state index in [1.165, 1.54) is 6.42 Å². The van der Waals surface area contributed by atoms with Crippen molar-refractivity contribution in [3.05, 3.63) is 18.7 Å². The van der Waals surface area contributed by atoms with Gasteiger partial charge in [0.05, 0.1) is 0 Å². The van der Waals surface area contributed by atoms with E-state index in [0.29, 0.717) is 0 Å². The first-order valence-corrected chi connectivity index (χ1v) is 3.96. The Morgan fingerprint density at radius 2 is 2.50 bits per heavy atom. The highest BCUT2D eigenvalue weighted by Gasteiger charge is 2.18. The van der Waals surface area contributed by atoms with Crippen molar-refractivity contribution in [2.45, 2.75) is 20.3 Å². The zero-order chi connectivity index (χ0) is 7.56. The van der Waals surface area contributed by atoms with E-state index in [1.54, 1.807) is 0 Å². The summed E-state index contributed by atoms with van der Waals surface area (Å²) >= 11 is 0. The summed E-state index contributed by atoms with van der Waals surface area (Å²) < 4.78 is 0. The molecule has 0 bridgehead atoms. The number of nitrogens with one attached hydrogen (secondary N) is 1. The van der Waals surface area contributed by atoms with Gasteiger partial charge in [-0.2, -0.15) is 0 Å². The highest BCUT2D eigenvalue weighted by atomic mass is 14.9. The Kier molecular flexibility index (Phi) is 2.36. The third-order valence-corrected chi connectivity index (χ3v) is 1.80. The van der Waals surface area contributed by atoms with Crippen LogP contribution < -0.4 is 5.32 Å². The maximum absolute atomic E-state index is 3.85. The summed E-state index contributed by atoms with van der Waals surface area (Å²) in [6.45, 7) is 9.46. The van der Waals surface area contributed by atoms with Crippen molar-refractivity contribution in [1.82, 2.24) is 5.32 Å². The molecular weight excluding hydrogens is 122 g/mol. The predicted octanol–water partition coefficient (Wildman–Crippen LogP) is 1.97. The molecule has 1 heterocycles. The zero-order valence-corrected chi connectivity index (χ0v) is 6.85. The fourth-order valence-corrected chi connectivity index (χ4v) is 1.42. The fourth-order valence-electron chi connectivity index (χ4n) is 1.42. The number of hydrogen-bond donors (Lipinski definition) is 1. The minimum absolute atomic E-state index is 0.729. The Bertz CT molecular complexity index is 127. The number of allylic oxidation sites excluding steroid dienone is 1. The number of rotatable bonds is 2. The molecule has 1 fully saturated rings. The molecule has 0 spiro atoms. The third kappa shape index (κ3) is 2.05. The molecule has 0 unspecified atom stereocenters. The maximum Gasteiger partial charge on any atom is 0.0178 e. The van der Waals surface area contributed by atoms with Crippen LogP contribution in [-0.2, 0) is 0 Å². The quantitative estimate of drug-likeness (QED) is 0.615. The minimum atomic E-state index is 0.729. The van der Waals surface area contributed by atoms with Crippen LogP contribution in [0.1, 0.15) is 20.3 Å². The lowest BCUT2D eigenvalue weighted by atomic mass is 9.96. The molecule has 1 aliphatic heterocycles. The Balaban J connectivity index is 2.24. The van der Waals surface area contributed by atoms with Gasteiger partial charge in [-0.05, 0) is 18.3 Å². The van der Waals surface area contributed by atoms with Gasteiger partial charge in [-0.3, -0.25) is 0 Å². The summed E-state index contributed by atoms with van der Waals surface area (Å²) in [6, 6.07) is 0. The van der Waals surface area contributed by atoms with Crippen molar-refractivity contribution in [2.24, 2.45) is 11.8 Å². The molecule has 1 heteroatoms. The summed E-state index contributed by atoms with van der Waals surface area (Å²) in [5.41, 5.74) is 1.10. The van der Waals surface area contributed by atoms with Gasteiger partial charge in [0.25, 0.3) is 0 Å². The molecule has 0 aromatic heterocycles. The van der Waals surface area contributed by atoms with E-state index in [2.05, 4.69) is 32.2 Å². The normalized spacial score (nSPS) is 25.5. The lowest BCUT2D eigenvalue weighted by Gasteiger charge is -2.08. The van der Waals surface area contributed by atoms with E-state index in [9.17, 15) is 0 Å². The molecule has 1 N–H and O–H groups in total. The minimum Gasteiger partial charge on any atom is -0.388 e. The fraction of sp³-hybridized carbons (Fsp3) is 0.667. The molecule has 1 aliphatic rings. The van der Waals surface area contributed by atoms with Crippen molar-refractivity contribution in [2.75, 3.05) is 6.54 Å². The first-order valence-electron chi connectivity index (χ1n) is 3.96. The molecule has 0 aromatic carbocycles. The second kappa shape index (κ2) is 3.09. The van der Waals surface area contributed by atoms with Gasteiger partial charge in [-0.25, -0.2) is 0 Å². The standard InChI is InChI=1S/C9H16N/c1-7(2)4-9-5-8(3)10-6-9/h5,7,9-10H,3-4,6H2,1-2H3/t9-/m0/s1.